The van der Waals surface area contributed by atoms with E-state index in [0.717, 1.165) is 12.8 Å². The Hall–Kier alpha value is -4.14. The summed E-state index contributed by atoms with van der Waals surface area (Å²) in [6.45, 7) is 4.61. The van der Waals surface area contributed by atoms with E-state index in [4.69, 9.17) is 10.2 Å². The van der Waals surface area contributed by atoms with Gasteiger partial charge in [-0.3, -0.25) is 19.1 Å². The predicted octanol–water partition coefficient (Wildman–Crippen LogP) is 4.17. The van der Waals surface area contributed by atoms with Crippen molar-refractivity contribution in [1.82, 2.24) is 14.5 Å². The van der Waals surface area contributed by atoms with E-state index in [1.54, 1.807) is 24.5 Å². The zero-order chi connectivity index (χ0) is 24.9. The molecule has 3 N–H and O–H groups in total. The number of nitrogens with zero attached hydrogens (tertiary/aromatic N) is 3. The molecule has 0 bridgehead atoms. The van der Waals surface area contributed by atoms with E-state index in [-0.39, 0.29) is 18.1 Å². The van der Waals surface area contributed by atoms with Gasteiger partial charge in [0.1, 0.15) is 11.5 Å². The molecule has 3 aromatic heterocycles. The number of pyridine rings is 1. The highest BCUT2D eigenvalue weighted by molar-refractivity contribution is 6.14. The highest BCUT2D eigenvalue weighted by Crippen LogP contribution is 2.28. The van der Waals surface area contributed by atoms with Gasteiger partial charge in [-0.2, -0.15) is 0 Å². The molecule has 0 aliphatic rings. The number of carbonyl (C=O) groups excluding carboxylic acids is 1. The van der Waals surface area contributed by atoms with Crippen LogP contribution in [0.25, 0.3) is 22.4 Å². The molecular formula is C26H29N5O4. The van der Waals surface area contributed by atoms with Crippen molar-refractivity contribution in [3.8, 4) is 11.5 Å². The van der Waals surface area contributed by atoms with Crippen LogP contribution in [-0.2, 0) is 6.54 Å². The van der Waals surface area contributed by atoms with Crippen LogP contribution in [0, 0.1) is 0 Å². The van der Waals surface area contributed by atoms with Gasteiger partial charge in [-0.1, -0.05) is 44.9 Å². The fourth-order valence-electron chi connectivity index (χ4n) is 4.06. The number of anilines is 2. The Morgan fingerprint density at radius 1 is 1.11 bits per heavy atom. The summed E-state index contributed by atoms with van der Waals surface area (Å²) in [5, 5.41) is 0.642. The molecule has 9 heteroatoms. The number of unbranched alkanes of at least 4 members (excludes halogenated alkanes) is 2. The molecule has 3 heterocycles. The van der Waals surface area contributed by atoms with Gasteiger partial charge >= 0.3 is 5.69 Å². The van der Waals surface area contributed by atoms with Crippen molar-refractivity contribution in [3.05, 3.63) is 75.1 Å². The highest BCUT2D eigenvalue weighted by Gasteiger charge is 2.27. The zero-order valence-corrected chi connectivity index (χ0v) is 19.9. The molecule has 0 fully saturated rings. The van der Waals surface area contributed by atoms with E-state index < -0.39 is 17.2 Å². The number of aromatic amines is 1. The molecule has 0 aliphatic heterocycles. The molecule has 9 nitrogen and oxygen atoms in total. The molecule has 0 unspecified atom stereocenters. The predicted molar refractivity (Wildman–Crippen MR) is 137 cm³/mol. The smallest absolute Gasteiger partial charge is 0.330 e. The van der Waals surface area contributed by atoms with E-state index in [1.165, 1.54) is 9.47 Å². The summed E-state index contributed by atoms with van der Waals surface area (Å²) in [5.41, 5.74) is 6.56. The van der Waals surface area contributed by atoms with Crippen LogP contribution in [0.4, 0.5) is 11.5 Å². The Morgan fingerprint density at radius 2 is 1.89 bits per heavy atom. The summed E-state index contributed by atoms with van der Waals surface area (Å²) in [5.74, 6) is 0.111. The van der Waals surface area contributed by atoms with Crippen molar-refractivity contribution < 1.29 is 9.21 Å². The van der Waals surface area contributed by atoms with Crippen molar-refractivity contribution in [2.75, 3.05) is 17.2 Å². The van der Waals surface area contributed by atoms with Gasteiger partial charge in [0.25, 0.3) is 11.5 Å². The summed E-state index contributed by atoms with van der Waals surface area (Å²) < 4.78 is 6.84. The van der Waals surface area contributed by atoms with Crippen molar-refractivity contribution in [3.63, 3.8) is 0 Å². The van der Waals surface area contributed by atoms with Crippen LogP contribution in [0.2, 0.25) is 0 Å². The minimum Gasteiger partial charge on any atom is -0.463 e. The Labute approximate surface area is 202 Å². The van der Waals surface area contributed by atoms with Gasteiger partial charge in [0.05, 0.1) is 17.3 Å². The lowest BCUT2D eigenvalue weighted by molar-refractivity contribution is 0.0987. The average molecular weight is 476 g/mol. The summed E-state index contributed by atoms with van der Waals surface area (Å²) in [6.07, 6.45) is 4.54. The Kier molecular flexibility index (Phi) is 7.14. The highest BCUT2D eigenvalue weighted by atomic mass is 16.3. The van der Waals surface area contributed by atoms with Crippen LogP contribution in [0.15, 0.2) is 62.7 Å². The second kappa shape index (κ2) is 10.4. The number of fused-ring (bicyclic) bond motifs is 1. The first-order valence-electron chi connectivity index (χ1n) is 11.8. The second-order valence-corrected chi connectivity index (χ2v) is 8.36. The van der Waals surface area contributed by atoms with Crippen LogP contribution >= 0.6 is 0 Å². The number of H-pyrrole nitrogens is 1. The normalized spacial score (nSPS) is 11.1. The number of amides is 1. The monoisotopic (exact) mass is 475 g/mol. The van der Waals surface area contributed by atoms with Crippen LogP contribution in [0.1, 0.15) is 49.9 Å². The minimum atomic E-state index is -0.686. The van der Waals surface area contributed by atoms with Gasteiger partial charge in [0.2, 0.25) is 0 Å². The summed E-state index contributed by atoms with van der Waals surface area (Å²) in [6, 6.07) is 12.5. The maximum Gasteiger partial charge on any atom is 0.330 e. The molecule has 1 amide bonds. The quantitative estimate of drug-likeness (QED) is 0.374. The van der Waals surface area contributed by atoms with Crippen LogP contribution in [-0.4, -0.2) is 27.0 Å². The molecule has 0 saturated carbocycles. The third-order valence-electron chi connectivity index (χ3n) is 5.92. The van der Waals surface area contributed by atoms with Gasteiger partial charge in [-0.05, 0) is 37.1 Å². The number of hydrogen-bond acceptors (Lipinski definition) is 6. The molecule has 1 aromatic carbocycles. The fourth-order valence-corrected chi connectivity index (χ4v) is 4.06. The molecule has 35 heavy (non-hydrogen) atoms. The first-order chi connectivity index (χ1) is 17.0. The fraction of sp³-hybridized carbons (Fsp3) is 0.308. The van der Waals surface area contributed by atoms with Crippen molar-refractivity contribution >= 4 is 28.3 Å². The second-order valence-electron chi connectivity index (χ2n) is 8.36. The standard InChI is InChI=1S/C26H29N5O4/c1-3-5-13-30(22-23(27)31(14-6-4-2)26(34)29-24(22)32)25(33)18-16-20(21-12-9-15-35-21)28-19-11-8-7-10-17(18)19/h7-12,15-16H,3-6,13-14,27H2,1-2H3,(H,29,32,34). The van der Waals surface area contributed by atoms with E-state index >= 15 is 0 Å². The lowest BCUT2D eigenvalue weighted by Crippen LogP contribution is -2.41. The van der Waals surface area contributed by atoms with Gasteiger partial charge in [0.15, 0.2) is 11.4 Å². The van der Waals surface area contributed by atoms with Gasteiger partial charge < -0.3 is 15.1 Å². The summed E-state index contributed by atoms with van der Waals surface area (Å²) in [7, 11) is 0. The van der Waals surface area contributed by atoms with Gasteiger partial charge in [-0.25, -0.2) is 9.78 Å². The van der Waals surface area contributed by atoms with Crippen molar-refractivity contribution in [2.24, 2.45) is 0 Å². The maximum atomic E-state index is 14.1. The topological polar surface area (TPSA) is 127 Å². The van der Waals surface area contributed by atoms with Crippen molar-refractivity contribution in [1.29, 1.82) is 0 Å². The maximum absolute atomic E-state index is 14.1. The minimum absolute atomic E-state index is 0.0127. The Balaban J connectivity index is 1.91. The molecule has 0 saturated heterocycles. The first-order valence-corrected chi connectivity index (χ1v) is 11.8. The van der Waals surface area contributed by atoms with Gasteiger partial charge in [-0.15, -0.1) is 0 Å². The van der Waals surface area contributed by atoms with Crippen LogP contribution in [0.5, 0.6) is 0 Å². The number of furan rings is 1. The molecule has 0 radical (unpaired) electrons. The molecule has 0 spiro atoms. The third-order valence-corrected chi connectivity index (χ3v) is 5.92. The Bertz CT molecular complexity index is 1450. The van der Waals surface area contributed by atoms with E-state index in [0.29, 0.717) is 47.3 Å². The number of nitrogens with two attached hydrogens (primary N) is 1. The molecule has 4 rings (SSSR count). The number of hydrogen-bond donors (Lipinski definition) is 2. The number of carbonyl (C=O) groups is 1. The average Bonchev–Trinajstić information content (AvgIpc) is 3.40. The number of nitrogens with one attached hydrogen (secondary N) is 1. The number of benzene rings is 1. The number of rotatable bonds is 9. The summed E-state index contributed by atoms with van der Waals surface area (Å²) >= 11 is 0. The number of nitrogen functional groups attached to an aromatic ring is 1. The zero-order valence-electron chi connectivity index (χ0n) is 19.9. The molecule has 182 valence electrons. The van der Waals surface area contributed by atoms with Crippen molar-refractivity contribution in [2.45, 2.75) is 46.1 Å². The molecule has 4 aromatic rings. The molecule has 0 atom stereocenters. The summed E-state index contributed by atoms with van der Waals surface area (Å²) in [4.78, 5) is 47.9. The van der Waals surface area contributed by atoms with E-state index in [1.807, 2.05) is 38.1 Å². The molecule has 0 aliphatic carbocycles. The van der Waals surface area contributed by atoms with Gasteiger partial charge in [0, 0.05) is 18.5 Å². The number of aromatic nitrogens is 3. The van der Waals surface area contributed by atoms with E-state index in [2.05, 4.69) is 9.97 Å². The SMILES string of the molecule is CCCCN(C(=O)c1cc(-c2ccco2)nc2ccccc12)c1c(N)n(CCCC)c(=O)[nH]c1=O. The lowest BCUT2D eigenvalue weighted by Gasteiger charge is -2.25. The first kappa shape index (κ1) is 24.0. The largest absolute Gasteiger partial charge is 0.463 e. The van der Waals surface area contributed by atoms with E-state index in [9.17, 15) is 14.4 Å². The van der Waals surface area contributed by atoms with Crippen LogP contribution in [0.3, 0.4) is 0 Å². The van der Waals surface area contributed by atoms with Crippen LogP contribution < -0.4 is 21.9 Å². The lowest BCUT2D eigenvalue weighted by atomic mass is 10.0. The Morgan fingerprint density at radius 3 is 2.60 bits per heavy atom. The third kappa shape index (κ3) is 4.75. The number of para-hydroxylation sites is 1. The molecular weight excluding hydrogens is 446 g/mol.